The van der Waals surface area contributed by atoms with E-state index in [-0.39, 0.29) is 17.8 Å². The van der Waals surface area contributed by atoms with Crippen LogP contribution in [-0.4, -0.2) is 22.1 Å². The van der Waals surface area contributed by atoms with Crippen LogP contribution in [0.2, 0.25) is 0 Å². The van der Waals surface area contributed by atoms with E-state index in [0.717, 1.165) is 12.8 Å². The van der Waals surface area contributed by atoms with Gasteiger partial charge in [0.25, 0.3) is 5.91 Å². The number of hydrogen-bond acceptors (Lipinski definition) is 4. The topological polar surface area (TPSA) is 93.6 Å². The van der Waals surface area contributed by atoms with E-state index in [1.807, 2.05) is 0 Å². The number of nitriles is 1. The van der Waals surface area contributed by atoms with E-state index < -0.39 is 0 Å². The fourth-order valence-electron chi connectivity index (χ4n) is 2.41. The minimum atomic E-state index is -0.334. The quantitative estimate of drug-likeness (QED) is 0.764. The second-order valence-electron chi connectivity index (χ2n) is 5.56. The number of carbonyl (C=O) groups is 1. The minimum Gasteiger partial charge on any atom is -0.348 e. The molecule has 1 aromatic heterocycles. The highest BCUT2D eigenvalue weighted by molar-refractivity contribution is 5.99. The number of hydrogen-bond donors (Lipinski definition) is 3. The number of amides is 1. The smallest absolute Gasteiger partial charge is 0.256 e. The SMILES string of the molecule is N#CCC(NC(=O)c1c[nH]nc1Nc1ccc(F)cc1)C1CC1. The van der Waals surface area contributed by atoms with Crippen LogP contribution in [0.5, 0.6) is 0 Å². The molecule has 1 heterocycles. The second kappa shape index (κ2) is 6.48. The number of halogens is 1. The molecule has 118 valence electrons. The lowest BCUT2D eigenvalue weighted by Gasteiger charge is -2.15. The first-order valence-electron chi connectivity index (χ1n) is 7.41. The highest BCUT2D eigenvalue weighted by Gasteiger charge is 2.32. The van der Waals surface area contributed by atoms with Gasteiger partial charge in [-0.15, -0.1) is 0 Å². The molecule has 0 saturated heterocycles. The Labute approximate surface area is 132 Å². The van der Waals surface area contributed by atoms with Crippen molar-refractivity contribution < 1.29 is 9.18 Å². The third-order valence-corrected chi connectivity index (χ3v) is 3.81. The molecule has 23 heavy (non-hydrogen) atoms. The van der Waals surface area contributed by atoms with Crippen LogP contribution in [0, 0.1) is 23.1 Å². The van der Waals surface area contributed by atoms with Crippen LogP contribution in [0.1, 0.15) is 29.6 Å². The number of H-pyrrole nitrogens is 1. The predicted octanol–water partition coefficient (Wildman–Crippen LogP) is 2.71. The molecule has 1 aliphatic carbocycles. The summed E-state index contributed by atoms with van der Waals surface area (Å²) in [4.78, 5) is 12.4. The molecule has 3 rings (SSSR count). The Balaban J connectivity index is 1.70. The lowest BCUT2D eigenvalue weighted by Crippen LogP contribution is -2.36. The molecular formula is C16H16FN5O. The Morgan fingerprint density at radius 3 is 2.83 bits per heavy atom. The molecular weight excluding hydrogens is 297 g/mol. The van der Waals surface area contributed by atoms with Crippen molar-refractivity contribution >= 4 is 17.4 Å². The number of aromatic amines is 1. The number of carbonyl (C=O) groups excluding carboxylic acids is 1. The van der Waals surface area contributed by atoms with Crippen molar-refractivity contribution in [1.82, 2.24) is 15.5 Å². The first kappa shape index (κ1) is 15.0. The van der Waals surface area contributed by atoms with Crippen molar-refractivity contribution in [3.63, 3.8) is 0 Å². The maximum absolute atomic E-state index is 12.9. The van der Waals surface area contributed by atoms with E-state index in [4.69, 9.17) is 5.26 Å². The zero-order chi connectivity index (χ0) is 16.2. The molecule has 1 aliphatic rings. The third-order valence-electron chi connectivity index (χ3n) is 3.81. The Morgan fingerprint density at radius 1 is 1.43 bits per heavy atom. The Morgan fingerprint density at radius 2 is 2.17 bits per heavy atom. The van der Waals surface area contributed by atoms with Gasteiger partial charge in [0.1, 0.15) is 11.4 Å². The van der Waals surface area contributed by atoms with Gasteiger partial charge in [0.15, 0.2) is 5.82 Å². The summed E-state index contributed by atoms with van der Waals surface area (Å²) in [5, 5.41) is 21.4. The number of rotatable bonds is 6. The number of aromatic nitrogens is 2. The fraction of sp³-hybridized carbons (Fsp3) is 0.312. The molecule has 3 N–H and O–H groups in total. The summed E-state index contributed by atoms with van der Waals surface area (Å²) < 4.78 is 12.9. The van der Waals surface area contributed by atoms with Gasteiger partial charge in [-0.25, -0.2) is 4.39 Å². The fourth-order valence-corrected chi connectivity index (χ4v) is 2.41. The second-order valence-corrected chi connectivity index (χ2v) is 5.56. The van der Waals surface area contributed by atoms with Gasteiger partial charge in [-0.2, -0.15) is 10.4 Å². The number of anilines is 2. The molecule has 1 fully saturated rings. The molecule has 0 radical (unpaired) electrons. The van der Waals surface area contributed by atoms with Crippen LogP contribution in [0.25, 0.3) is 0 Å². The van der Waals surface area contributed by atoms with Crippen LogP contribution < -0.4 is 10.6 Å². The molecule has 0 spiro atoms. The lowest BCUT2D eigenvalue weighted by atomic mass is 10.1. The van der Waals surface area contributed by atoms with Crippen molar-refractivity contribution in [2.24, 2.45) is 5.92 Å². The highest BCUT2D eigenvalue weighted by atomic mass is 19.1. The van der Waals surface area contributed by atoms with Crippen LogP contribution in [-0.2, 0) is 0 Å². The summed E-state index contributed by atoms with van der Waals surface area (Å²) in [5.74, 6) is 0.134. The molecule has 1 aromatic carbocycles. The van der Waals surface area contributed by atoms with Gasteiger partial charge >= 0.3 is 0 Å². The lowest BCUT2D eigenvalue weighted by molar-refractivity contribution is 0.0934. The minimum absolute atomic E-state index is 0.124. The first-order valence-corrected chi connectivity index (χ1v) is 7.41. The van der Waals surface area contributed by atoms with Crippen molar-refractivity contribution in [2.45, 2.75) is 25.3 Å². The molecule has 1 atom stereocenters. The molecule has 6 nitrogen and oxygen atoms in total. The van der Waals surface area contributed by atoms with Crippen LogP contribution in [0.4, 0.5) is 15.9 Å². The molecule has 1 unspecified atom stereocenters. The van der Waals surface area contributed by atoms with E-state index in [1.54, 1.807) is 12.1 Å². The zero-order valence-electron chi connectivity index (χ0n) is 12.3. The number of nitrogens with one attached hydrogen (secondary N) is 3. The average molecular weight is 313 g/mol. The van der Waals surface area contributed by atoms with E-state index in [9.17, 15) is 9.18 Å². The summed E-state index contributed by atoms with van der Waals surface area (Å²) >= 11 is 0. The standard InChI is InChI=1S/C16H16FN5O/c17-11-3-5-12(6-4-11)20-15-13(9-19-22-15)16(23)21-14(7-8-18)10-1-2-10/h3-6,9-10,14H,1-2,7H2,(H,21,23)(H2,19,20,22). The van der Waals surface area contributed by atoms with Gasteiger partial charge in [0.05, 0.1) is 12.5 Å². The van der Waals surface area contributed by atoms with Crippen molar-refractivity contribution in [3.05, 3.63) is 41.8 Å². The summed E-state index contributed by atoms with van der Waals surface area (Å²) in [7, 11) is 0. The largest absolute Gasteiger partial charge is 0.348 e. The van der Waals surface area contributed by atoms with Crippen molar-refractivity contribution in [1.29, 1.82) is 5.26 Å². The molecule has 2 aromatic rings. The van der Waals surface area contributed by atoms with E-state index >= 15 is 0 Å². The average Bonchev–Trinajstić information content (AvgIpc) is 3.28. The van der Waals surface area contributed by atoms with Gasteiger partial charge in [-0.3, -0.25) is 9.89 Å². The summed E-state index contributed by atoms with van der Waals surface area (Å²) in [6.07, 6.45) is 3.88. The normalized spacial score (nSPS) is 14.8. The molecule has 1 saturated carbocycles. The maximum atomic E-state index is 12.9. The third kappa shape index (κ3) is 3.66. The molecule has 7 heteroatoms. The number of nitrogens with zero attached hydrogens (tertiary/aromatic N) is 2. The summed E-state index contributed by atoms with van der Waals surface area (Å²) in [5.41, 5.74) is 0.987. The van der Waals surface area contributed by atoms with Gasteiger partial charge < -0.3 is 10.6 Å². The molecule has 0 bridgehead atoms. The van der Waals surface area contributed by atoms with E-state index in [1.165, 1.54) is 18.3 Å². The predicted molar refractivity (Wildman–Crippen MR) is 82.5 cm³/mol. The van der Waals surface area contributed by atoms with E-state index in [2.05, 4.69) is 26.9 Å². The van der Waals surface area contributed by atoms with Gasteiger partial charge in [-0.05, 0) is 43.0 Å². The highest BCUT2D eigenvalue weighted by Crippen LogP contribution is 2.34. The van der Waals surface area contributed by atoms with Crippen LogP contribution in [0.3, 0.4) is 0 Å². The molecule has 0 aliphatic heterocycles. The van der Waals surface area contributed by atoms with Gasteiger partial charge in [0, 0.05) is 17.9 Å². The van der Waals surface area contributed by atoms with Crippen LogP contribution in [0.15, 0.2) is 30.5 Å². The van der Waals surface area contributed by atoms with Gasteiger partial charge in [-0.1, -0.05) is 0 Å². The number of benzene rings is 1. The summed E-state index contributed by atoms with van der Waals surface area (Å²) in [6.45, 7) is 0. The zero-order valence-corrected chi connectivity index (χ0v) is 12.3. The monoisotopic (exact) mass is 313 g/mol. The van der Waals surface area contributed by atoms with Crippen LogP contribution >= 0.6 is 0 Å². The first-order chi connectivity index (χ1) is 11.2. The maximum Gasteiger partial charge on any atom is 0.256 e. The van der Waals surface area contributed by atoms with Crippen molar-refractivity contribution in [3.8, 4) is 6.07 Å². The molecule has 1 amide bonds. The summed E-state index contributed by atoms with van der Waals surface area (Å²) in [6, 6.07) is 7.76. The van der Waals surface area contributed by atoms with Crippen molar-refractivity contribution in [2.75, 3.05) is 5.32 Å². The van der Waals surface area contributed by atoms with E-state index in [0.29, 0.717) is 29.4 Å². The Hall–Kier alpha value is -2.88. The van der Waals surface area contributed by atoms with Gasteiger partial charge in [0.2, 0.25) is 0 Å². The Kier molecular flexibility index (Phi) is 4.24. The Bertz CT molecular complexity index is 730.